The van der Waals surface area contributed by atoms with Gasteiger partial charge in [-0.3, -0.25) is 38.4 Å². The number of carbonyl (C=O) groups excluding carboxylic acids is 8. The zero-order valence-electron chi connectivity index (χ0n) is 78.8. The number of ketones is 4. The number of carbonyl (C=O) groups is 8. The molecule has 0 saturated heterocycles. The van der Waals surface area contributed by atoms with Gasteiger partial charge in [0.1, 0.15) is 19.6 Å². The maximum absolute atomic E-state index is 14.1. The molecule has 0 spiro atoms. The van der Waals surface area contributed by atoms with Crippen molar-refractivity contribution in [2.45, 2.75) is 165 Å². The van der Waals surface area contributed by atoms with Gasteiger partial charge in [0, 0.05) is 165 Å². The normalized spacial score (nSPS) is 17.5. The molecule has 4 atom stereocenters. The van der Waals surface area contributed by atoms with E-state index in [4.69, 9.17) is 89.0 Å². The summed E-state index contributed by atoms with van der Waals surface area (Å²) >= 11 is 36.0. The van der Waals surface area contributed by atoms with E-state index < -0.39 is 131 Å². The number of nitrogens with zero attached hydrogens (tertiary/aromatic N) is 4. The minimum atomic E-state index is -4.99. The average molecular weight is 2200 g/mol. The van der Waals surface area contributed by atoms with Crippen LogP contribution in [0.3, 0.4) is 0 Å². The first kappa shape index (κ1) is 113. The Kier molecular flexibility index (Phi) is 34.8. The molecule has 4 aliphatic heterocycles. The summed E-state index contributed by atoms with van der Waals surface area (Å²) in [6.07, 6.45) is -24.0. The Balaban J connectivity index is 0.000000166. The lowest BCUT2D eigenvalue weighted by Crippen LogP contribution is -2.33. The van der Waals surface area contributed by atoms with E-state index in [0.717, 1.165) is 40.1 Å². The van der Waals surface area contributed by atoms with Crippen LogP contribution in [0.15, 0.2) is 227 Å². The fourth-order valence-corrected chi connectivity index (χ4v) is 18.5. The molecule has 12 aromatic carbocycles. The van der Waals surface area contributed by atoms with Gasteiger partial charge in [-0.25, -0.2) is 8.78 Å². The summed E-state index contributed by atoms with van der Waals surface area (Å²) in [6.45, 7) is 4.74. The number of oxime groups is 4. The van der Waals surface area contributed by atoms with E-state index in [1.165, 1.54) is 31.2 Å². The van der Waals surface area contributed by atoms with Crippen LogP contribution in [0.2, 0.25) is 30.1 Å². The van der Waals surface area contributed by atoms with Crippen LogP contribution >= 0.6 is 69.6 Å². The van der Waals surface area contributed by atoms with Crippen LogP contribution in [0.5, 0.6) is 0 Å². The van der Waals surface area contributed by atoms with Crippen molar-refractivity contribution < 1.29 is 132 Å². The van der Waals surface area contributed by atoms with Crippen molar-refractivity contribution in [1.29, 1.82) is 0 Å². The molecule has 0 aliphatic carbocycles. The number of fused-ring (bicyclic) bond motifs is 4. The molecule has 4 heterocycles. The van der Waals surface area contributed by atoms with E-state index >= 15 is 0 Å². The van der Waals surface area contributed by atoms with Crippen molar-refractivity contribution in [1.82, 2.24) is 21.3 Å². The van der Waals surface area contributed by atoms with E-state index in [-0.39, 0.29) is 113 Å². The number of Topliss-reactive ketones (excluding diaryl/α,β-unsaturated/α-hetero) is 4. The molecule has 4 aliphatic rings. The van der Waals surface area contributed by atoms with E-state index in [9.17, 15) is 113 Å². The summed E-state index contributed by atoms with van der Waals surface area (Å²) < 4.78 is 219. The Morgan fingerprint density at radius 1 is 0.302 bits per heavy atom. The maximum Gasteiger partial charge on any atom is 0.419 e. The number of alkyl halides is 15. The number of benzene rings is 12. The highest BCUT2D eigenvalue weighted by atomic mass is 35.5. The van der Waals surface area contributed by atoms with Gasteiger partial charge >= 0.3 is 30.9 Å². The summed E-state index contributed by atoms with van der Waals surface area (Å²) in [5, 5.41) is 29.9. The van der Waals surface area contributed by atoms with Crippen molar-refractivity contribution in [2.75, 3.05) is 26.2 Å². The highest BCUT2D eigenvalue weighted by Crippen LogP contribution is 2.48. The van der Waals surface area contributed by atoms with Gasteiger partial charge < -0.3 is 40.6 Å². The number of hydrogen-bond acceptors (Lipinski definition) is 16. The first-order valence-electron chi connectivity index (χ1n) is 45.5. The Bertz CT molecular complexity index is 7360. The highest BCUT2D eigenvalue weighted by Gasteiger charge is 2.46. The smallest absolute Gasteiger partial charge is 0.384 e. The molecular formula is C106H85Cl6F17N8O12. The molecule has 4 amide bonds. The van der Waals surface area contributed by atoms with E-state index in [0.29, 0.717) is 130 Å². The summed E-state index contributed by atoms with van der Waals surface area (Å²) in [6, 6.07) is 54.6. The number of hydrogen-bond donors (Lipinski definition) is 4. The van der Waals surface area contributed by atoms with E-state index in [2.05, 4.69) is 25.9 Å². The lowest BCUT2D eigenvalue weighted by Gasteiger charge is -2.24. The van der Waals surface area contributed by atoms with Gasteiger partial charge in [0.25, 0.3) is 0 Å². The first-order chi connectivity index (χ1) is 69.9. The van der Waals surface area contributed by atoms with Gasteiger partial charge in [-0.05, 0) is 138 Å². The third-order valence-electron chi connectivity index (χ3n) is 24.6. The third-order valence-corrected chi connectivity index (χ3v) is 26.1. The minimum absolute atomic E-state index is 0.0110. The van der Waals surface area contributed by atoms with Gasteiger partial charge in [0.2, 0.25) is 23.6 Å². The molecule has 20 nitrogen and oxygen atoms in total. The average Bonchev–Trinajstić information content (AvgIpc) is 1.62. The van der Waals surface area contributed by atoms with Crippen molar-refractivity contribution in [3.05, 3.63) is 326 Å². The van der Waals surface area contributed by atoms with Crippen LogP contribution in [-0.4, -0.2) is 114 Å². The fraction of sp³-hybridized carbons (Fsp3) is 0.283. The highest BCUT2D eigenvalue weighted by molar-refractivity contribution is 6.36. The second-order valence-corrected chi connectivity index (χ2v) is 38.3. The number of amides is 4. The largest absolute Gasteiger partial charge is 0.419 e. The van der Waals surface area contributed by atoms with Gasteiger partial charge in [0.15, 0.2) is 57.2 Å². The lowest BCUT2D eigenvalue weighted by molar-refractivity contribution is -0.140. The second kappa shape index (κ2) is 46.0. The predicted octanol–water partition coefficient (Wildman–Crippen LogP) is 27.8. The molecule has 0 radical (unpaired) electrons. The SMILES string of the molecule is CCNC(=O)CCC(=O)c1ccc(C2=NO[C@](C)(c3cc(Cl)cc(C(F)(F)F)c3)C2)c2ccccc12.C[C@@]1(c2cc(Cl)c(F)c(C(F)(F)F)c2)CC(c2ccc(C(=O)CCC(=O)NCC(F)(F)F)c3ccccc23)=NO1.C[C@@]1(c2cc(Cl)c(F)c(Cl)c2)CC(c2ccc(C(=O)CCC(=O)NCC(F)(F)F)c3ccccc23)=NO1.C[C@@]1(c2cc(Cl)cc(Cl)c2)CC(c2ccc(C(=O)CCC(=O)NCC(F)(F)F)c3ccccc23)=NO1. The zero-order valence-corrected chi connectivity index (χ0v) is 83.4. The third kappa shape index (κ3) is 27.9. The molecule has 149 heavy (non-hydrogen) atoms. The summed E-state index contributed by atoms with van der Waals surface area (Å²) in [4.78, 5) is 121. The Hall–Kier alpha value is -13.3. The molecule has 0 aromatic heterocycles. The fourth-order valence-electron chi connectivity index (χ4n) is 17.0. The number of halogens is 23. The van der Waals surface area contributed by atoms with Crippen molar-refractivity contribution in [3.63, 3.8) is 0 Å². The second-order valence-electron chi connectivity index (χ2n) is 35.8. The monoisotopic (exact) mass is 2190 g/mol. The molecule has 43 heteroatoms. The molecular weight excluding hydrogens is 2110 g/mol. The predicted molar refractivity (Wildman–Crippen MR) is 530 cm³/mol. The number of nitrogens with one attached hydrogen (secondary N) is 4. The van der Waals surface area contributed by atoms with Gasteiger partial charge in [-0.15, -0.1) is 0 Å². The van der Waals surface area contributed by atoms with Crippen LogP contribution < -0.4 is 21.3 Å². The molecule has 0 unspecified atom stereocenters. The van der Waals surface area contributed by atoms with Crippen molar-refractivity contribution >= 4 is 182 Å². The maximum atomic E-state index is 14.1. The number of rotatable bonds is 28. The summed E-state index contributed by atoms with van der Waals surface area (Å²) in [5.74, 6) is -6.46. The molecule has 12 aromatic rings. The van der Waals surface area contributed by atoms with Crippen molar-refractivity contribution in [3.8, 4) is 0 Å². The van der Waals surface area contributed by atoms with Gasteiger partial charge in [0.05, 0.1) is 49.0 Å². The van der Waals surface area contributed by atoms with Crippen molar-refractivity contribution in [2.24, 2.45) is 20.6 Å². The Morgan fingerprint density at radius 2 is 0.550 bits per heavy atom. The molecule has 782 valence electrons. The van der Waals surface area contributed by atoms with Crippen LogP contribution in [0.1, 0.15) is 209 Å². The van der Waals surface area contributed by atoms with Crippen LogP contribution in [0.25, 0.3) is 43.1 Å². The van der Waals surface area contributed by atoms with Crippen LogP contribution in [0, 0.1) is 11.6 Å². The first-order valence-corrected chi connectivity index (χ1v) is 47.8. The summed E-state index contributed by atoms with van der Waals surface area (Å²) in [7, 11) is 0. The lowest BCUT2D eigenvalue weighted by atomic mass is 9.86. The standard InChI is InChI=1S/C27H20ClF7N2O3.C27H24ClF3N2O3.C26H20Cl2F4N2O3.C26H21Cl2F3N2O3/c1-25(14-10-19(27(33,34)35)24(29)20(28)11-14)12-21(37-40-25)17-6-7-18(16-5-3-2-4-15(16)17)22(38)8-9-23(39)36-13-26(30,31)32;1-3-32-25(35)11-10-24(34)22-9-8-21(19-6-4-5-7-20(19)22)23-15-26(2,36-33-23)16-12-17(27(29,30)31)14-18(28)13-16;1-25(14-10-19(27)24(29)20(28)11-14)12-21(34-37-25)17-6-7-18(16-5-3-2-4-15(16)17)22(35)8-9-23(36)33-13-26(30,31)32;1-25(15-10-16(27)12-17(28)11-15)13-22(33-36-25)20-6-7-21(19-5-3-2-4-18(19)20)23(34)8-9-24(35)32-14-26(29,30)31/h2-7,10-11H,8-9,12-13H2,1H3,(H,36,39);4-9,12-14H,3,10-11,15H2,1-2H3,(H,32,35);2-7,10-11H,8-9,12-13H2,1H3,(H,33,36);2-7,10-12H,8-9,13-14H2,1H3,(H,32,35)/t25-;26-;2*25-/m0000/s1. The topological polar surface area (TPSA) is 271 Å². The molecule has 4 N–H and O–H groups in total. The Labute approximate surface area is 868 Å². The zero-order chi connectivity index (χ0) is 109. The molecule has 0 saturated carbocycles. The minimum Gasteiger partial charge on any atom is -0.384 e. The summed E-state index contributed by atoms with van der Waals surface area (Å²) in [5.41, 5.74) is 1.15. The molecule has 0 bridgehead atoms. The quantitative estimate of drug-likeness (QED) is 0.0202. The van der Waals surface area contributed by atoms with Gasteiger partial charge in [-0.1, -0.05) is 236 Å². The Morgan fingerprint density at radius 3 is 0.819 bits per heavy atom. The van der Waals surface area contributed by atoms with Gasteiger partial charge in [-0.2, -0.15) is 65.9 Å². The van der Waals surface area contributed by atoms with E-state index in [1.807, 2.05) is 50.2 Å². The molecule has 16 rings (SSSR count). The van der Waals surface area contributed by atoms with Crippen LogP contribution in [0.4, 0.5) is 74.6 Å². The molecule has 0 fully saturated rings. The van der Waals surface area contributed by atoms with Crippen LogP contribution in [-0.2, 0) is 73.3 Å². The van der Waals surface area contributed by atoms with E-state index in [1.54, 1.807) is 151 Å².